The molecule has 0 aliphatic carbocycles. The van der Waals surface area contributed by atoms with E-state index in [0.29, 0.717) is 12.3 Å². The number of nitrogens with one attached hydrogen (secondary N) is 1. The van der Waals surface area contributed by atoms with E-state index in [1.165, 1.54) is 11.8 Å². The second-order valence-corrected chi connectivity index (χ2v) is 8.20. The van der Waals surface area contributed by atoms with Gasteiger partial charge < -0.3 is 15.2 Å². The molecule has 0 spiro atoms. The van der Waals surface area contributed by atoms with Gasteiger partial charge in [0, 0.05) is 43.2 Å². The van der Waals surface area contributed by atoms with Crippen molar-refractivity contribution in [1.29, 1.82) is 0 Å². The van der Waals surface area contributed by atoms with E-state index in [1.54, 1.807) is 17.5 Å². The molecular weight excluding hydrogens is 386 g/mol. The van der Waals surface area contributed by atoms with Crippen LogP contribution in [0.15, 0.2) is 54.7 Å². The van der Waals surface area contributed by atoms with Crippen molar-refractivity contribution in [2.75, 3.05) is 18.5 Å². The standard InChI is InChI=1S/C22H23N3O3S/c1-15(26)24-21-8-6-18(29-21)14-25-10-11-28-20-7-5-16(12-17(20)13-25)22(27)19-4-2-3-9-23-19/h2-9,12,22,27H,10-11,13-14H2,1H3,(H,24,26). The van der Waals surface area contributed by atoms with Crippen molar-refractivity contribution in [3.8, 4) is 5.75 Å². The Kier molecular flexibility index (Phi) is 5.89. The molecule has 0 saturated carbocycles. The van der Waals surface area contributed by atoms with Crippen LogP contribution in [0.5, 0.6) is 5.75 Å². The summed E-state index contributed by atoms with van der Waals surface area (Å²) < 4.78 is 5.92. The summed E-state index contributed by atoms with van der Waals surface area (Å²) >= 11 is 1.59. The average Bonchev–Trinajstić information content (AvgIpc) is 3.04. The van der Waals surface area contributed by atoms with E-state index >= 15 is 0 Å². The molecule has 29 heavy (non-hydrogen) atoms. The fourth-order valence-corrected chi connectivity index (χ4v) is 4.40. The minimum Gasteiger partial charge on any atom is -0.492 e. The molecule has 3 aromatic rings. The smallest absolute Gasteiger partial charge is 0.221 e. The minimum atomic E-state index is -0.768. The molecule has 4 rings (SSSR count). The highest BCUT2D eigenvalue weighted by molar-refractivity contribution is 7.16. The van der Waals surface area contributed by atoms with Crippen molar-refractivity contribution in [1.82, 2.24) is 9.88 Å². The Labute approximate surface area is 173 Å². The summed E-state index contributed by atoms with van der Waals surface area (Å²) in [6, 6.07) is 15.3. The van der Waals surface area contributed by atoms with Crippen molar-refractivity contribution in [2.24, 2.45) is 0 Å². The van der Waals surface area contributed by atoms with Crippen LogP contribution in [0.25, 0.3) is 0 Å². The number of thiophene rings is 1. The fourth-order valence-electron chi connectivity index (χ4n) is 3.41. The Morgan fingerprint density at radius 3 is 3.00 bits per heavy atom. The number of aromatic nitrogens is 1. The number of pyridine rings is 1. The summed E-state index contributed by atoms with van der Waals surface area (Å²) in [5, 5.41) is 14.4. The van der Waals surface area contributed by atoms with Crippen LogP contribution < -0.4 is 10.1 Å². The number of benzene rings is 1. The molecule has 1 aromatic carbocycles. The van der Waals surface area contributed by atoms with E-state index in [2.05, 4.69) is 15.2 Å². The first kappa shape index (κ1) is 19.6. The van der Waals surface area contributed by atoms with Gasteiger partial charge in [-0.05, 0) is 42.0 Å². The number of hydrogen-bond acceptors (Lipinski definition) is 6. The van der Waals surface area contributed by atoms with Crippen LogP contribution in [0, 0.1) is 0 Å². The SMILES string of the molecule is CC(=O)Nc1ccc(CN2CCOc3ccc(C(O)c4ccccn4)cc3C2)s1. The summed E-state index contributed by atoms with van der Waals surface area (Å²) in [5.74, 6) is 0.795. The number of anilines is 1. The lowest BCUT2D eigenvalue weighted by Crippen LogP contribution is -2.24. The van der Waals surface area contributed by atoms with Crippen LogP contribution in [0.1, 0.15) is 34.7 Å². The quantitative estimate of drug-likeness (QED) is 0.674. The molecule has 1 aliphatic heterocycles. The molecular formula is C22H23N3O3S. The van der Waals surface area contributed by atoms with Crippen molar-refractivity contribution >= 4 is 22.2 Å². The Hall–Kier alpha value is -2.74. The van der Waals surface area contributed by atoms with E-state index in [0.717, 1.165) is 41.5 Å². The highest BCUT2D eigenvalue weighted by Crippen LogP contribution is 2.30. The number of amides is 1. The van der Waals surface area contributed by atoms with E-state index in [1.807, 2.05) is 48.5 Å². The summed E-state index contributed by atoms with van der Waals surface area (Å²) in [6.45, 7) is 4.43. The molecule has 3 heterocycles. The molecule has 0 radical (unpaired) electrons. The maximum atomic E-state index is 11.2. The van der Waals surface area contributed by atoms with Gasteiger partial charge >= 0.3 is 0 Å². The van der Waals surface area contributed by atoms with E-state index in [4.69, 9.17) is 4.74 Å². The summed E-state index contributed by atoms with van der Waals surface area (Å²) in [4.78, 5) is 19.0. The van der Waals surface area contributed by atoms with Gasteiger partial charge in [-0.3, -0.25) is 14.7 Å². The van der Waals surface area contributed by atoms with Crippen molar-refractivity contribution in [3.63, 3.8) is 0 Å². The molecule has 1 amide bonds. The second kappa shape index (κ2) is 8.73. The van der Waals surface area contributed by atoms with E-state index in [9.17, 15) is 9.90 Å². The third kappa shape index (κ3) is 4.82. The normalized spacial score (nSPS) is 15.1. The second-order valence-electron chi connectivity index (χ2n) is 7.03. The Bertz CT molecular complexity index is 990. The number of aliphatic hydroxyl groups excluding tert-OH is 1. The first-order valence-electron chi connectivity index (χ1n) is 9.52. The van der Waals surface area contributed by atoms with Gasteiger partial charge in [0.25, 0.3) is 0 Å². The van der Waals surface area contributed by atoms with Gasteiger partial charge in [0.15, 0.2) is 0 Å². The van der Waals surface area contributed by atoms with Gasteiger partial charge in [-0.25, -0.2) is 0 Å². The number of ether oxygens (including phenoxy) is 1. The Balaban J connectivity index is 1.50. The van der Waals surface area contributed by atoms with Gasteiger partial charge in [-0.2, -0.15) is 0 Å². The van der Waals surface area contributed by atoms with Gasteiger partial charge in [0.2, 0.25) is 5.91 Å². The lowest BCUT2D eigenvalue weighted by Gasteiger charge is -2.19. The molecule has 1 aliphatic rings. The van der Waals surface area contributed by atoms with Crippen LogP contribution in [0.3, 0.4) is 0 Å². The highest BCUT2D eigenvalue weighted by atomic mass is 32.1. The lowest BCUT2D eigenvalue weighted by atomic mass is 10.0. The first-order valence-corrected chi connectivity index (χ1v) is 10.3. The fraction of sp³-hybridized carbons (Fsp3) is 0.273. The van der Waals surface area contributed by atoms with Crippen LogP contribution in [-0.2, 0) is 17.9 Å². The van der Waals surface area contributed by atoms with Crippen LogP contribution in [0.2, 0.25) is 0 Å². The predicted molar refractivity (Wildman–Crippen MR) is 113 cm³/mol. The topological polar surface area (TPSA) is 74.7 Å². The average molecular weight is 410 g/mol. The molecule has 0 bridgehead atoms. The monoisotopic (exact) mass is 409 g/mol. The zero-order chi connectivity index (χ0) is 20.2. The number of aliphatic hydroxyl groups is 1. The number of nitrogens with zero attached hydrogens (tertiary/aromatic N) is 2. The van der Waals surface area contributed by atoms with Gasteiger partial charge in [-0.15, -0.1) is 11.3 Å². The summed E-state index contributed by atoms with van der Waals surface area (Å²) in [6.07, 6.45) is 0.916. The summed E-state index contributed by atoms with van der Waals surface area (Å²) in [7, 11) is 0. The molecule has 2 aromatic heterocycles. The van der Waals surface area contributed by atoms with Crippen LogP contribution in [-0.4, -0.2) is 34.0 Å². The zero-order valence-electron chi connectivity index (χ0n) is 16.2. The molecule has 6 nitrogen and oxygen atoms in total. The maximum Gasteiger partial charge on any atom is 0.221 e. The van der Waals surface area contributed by atoms with Crippen molar-refractivity contribution < 1.29 is 14.6 Å². The largest absolute Gasteiger partial charge is 0.492 e. The lowest BCUT2D eigenvalue weighted by molar-refractivity contribution is -0.114. The van der Waals surface area contributed by atoms with Gasteiger partial charge in [0.05, 0.1) is 10.7 Å². The summed E-state index contributed by atoms with van der Waals surface area (Å²) in [5.41, 5.74) is 2.48. The van der Waals surface area contributed by atoms with Crippen molar-refractivity contribution in [3.05, 3.63) is 76.4 Å². The Morgan fingerprint density at radius 2 is 2.21 bits per heavy atom. The van der Waals surface area contributed by atoms with Crippen LogP contribution >= 0.6 is 11.3 Å². The predicted octanol–water partition coefficient (Wildman–Crippen LogP) is 3.58. The van der Waals surface area contributed by atoms with Crippen LogP contribution in [0.4, 0.5) is 5.00 Å². The number of carbonyl (C=O) groups is 1. The zero-order valence-corrected chi connectivity index (χ0v) is 17.0. The first-order chi connectivity index (χ1) is 14.1. The number of rotatable bonds is 5. The van der Waals surface area contributed by atoms with E-state index in [-0.39, 0.29) is 5.91 Å². The molecule has 0 saturated heterocycles. The molecule has 2 N–H and O–H groups in total. The molecule has 1 unspecified atom stereocenters. The minimum absolute atomic E-state index is 0.0607. The van der Waals surface area contributed by atoms with Crippen molar-refractivity contribution in [2.45, 2.75) is 26.1 Å². The van der Waals surface area contributed by atoms with E-state index < -0.39 is 6.10 Å². The molecule has 150 valence electrons. The maximum absolute atomic E-state index is 11.2. The highest BCUT2D eigenvalue weighted by Gasteiger charge is 2.19. The van der Waals surface area contributed by atoms with Gasteiger partial charge in [0.1, 0.15) is 18.5 Å². The molecule has 0 fully saturated rings. The molecule has 7 heteroatoms. The number of fused-ring (bicyclic) bond motifs is 1. The van der Waals surface area contributed by atoms with Gasteiger partial charge in [-0.1, -0.05) is 12.1 Å². The number of hydrogen-bond donors (Lipinski definition) is 2. The third-order valence-electron chi connectivity index (χ3n) is 4.77. The molecule has 1 atom stereocenters. The number of carbonyl (C=O) groups excluding carboxylic acids is 1. The third-order valence-corrected chi connectivity index (χ3v) is 5.75. The Morgan fingerprint density at radius 1 is 1.31 bits per heavy atom.